The van der Waals surface area contributed by atoms with E-state index >= 15 is 0 Å². The molecule has 6 heteroatoms. The van der Waals surface area contributed by atoms with Crippen LogP contribution in [0.15, 0.2) is 0 Å². The topological polar surface area (TPSA) is 99.4 Å². The van der Waals surface area contributed by atoms with Crippen molar-refractivity contribution in [1.29, 1.82) is 0 Å². The Bertz CT molecular complexity index is 433. The lowest BCUT2D eigenvalue weighted by molar-refractivity contribution is -0.301. The maximum Gasteiger partial charge on any atom is 0.186 e. The van der Waals surface area contributed by atoms with Crippen LogP contribution in [0.25, 0.3) is 0 Å². The minimum Gasteiger partial charge on any atom is -0.394 e. The smallest absolute Gasteiger partial charge is 0.186 e. The fourth-order valence-electron chi connectivity index (χ4n) is 4.76. The highest BCUT2D eigenvalue weighted by atomic mass is 16.7. The molecule has 0 aromatic rings. The van der Waals surface area contributed by atoms with Crippen LogP contribution in [0.4, 0.5) is 0 Å². The summed E-state index contributed by atoms with van der Waals surface area (Å²) in [5, 5.41) is 38.7. The van der Waals surface area contributed by atoms with Crippen LogP contribution in [-0.2, 0) is 9.47 Å². The summed E-state index contributed by atoms with van der Waals surface area (Å²) < 4.78 is 10.9. The number of unbranched alkanes of at least 4 members (excludes halogenated alkanes) is 19. The molecular weight excluding hydrogens is 432 g/mol. The standard InChI is InChI=1S/C28H56O6/c1-2-3-4-5-6-7-8-9-10-11-12-13-14-15-16-17-18-19-20-21-22-33-28-27(32)26(31)25(30)24(23-29)34-28/h24-32H,2-23H2,1H3/t24-,25-,26+,27-,28+/m1/s1. The first-order chi connectivity index (χ1) is 16.6. The molecule has 1 aliphatic heterocycles. The molecule has 0 aromatic heterocycles. The van der Waals surface area contributed by atoms with Gasteiger partial charge in [0.15, 0.2) is 6.29 Å². The molecule has 34 heavy (non-hydrogen) atoms. The van der Waals surface area contributed by atoms with Gasteiger partial charge in [0.05, 0.1) is 6.61 Å². The van der Waals surface area contributed by atoms with E-state index in [2.05, 4.69) is 6.92 Å². The molecule has 1 heterocycles. The van der Waals surface area contributed by atoms with E-state index in [0.29, 0.717) is 6.61 Å². The molecule has 5 atom stereocenters. The molecule has 0 amide bonds. The first kappa shape index (κ1) is 31.8. The zero-order chi connectivity index (χ0) is 24.9. The van der Waals surface area contributed by atoms with Crippen molar-refractivity contribution in [3.8, 4) is 0 Å². The molecule has 0 saturated carbocycles. The molecule has 0 bridgehead atoms. The molecule has 1 fully saturated rings. The quantitative estimate of drug-likeness (QED) is 0.139. The van der Waals surface area contributed by atoms with Gasteiger partial charge in [-0.05, 0) is 6.42 Å². The van der Waals surface area contributed by atoms with E-state index < -0.39 is 37.3 Å². The van der Waals surface area contributed by atoms with Crippen molar-refractivity contribution in [3.05, 3.63) is 0 Å². The van der Waals surface area contributed by atoms with E-state index in [1.807, 2.05) is 0 Å². The summed E-state index contributed by atoms with van der Waals surface area (Å²) >= 11 is 0. The van der Waals surface area contributed by atoms with E-state index in [0.717, 1.165) is 12.8 Å². The number of aliphatic hydroxyl groups is 4. The number of rotatable bonds is 23. The molecule has 1 saturated heterocycles. The van der Waals surface area contributed by atoms with Gasteiger partial charge in [0.1, 0.15) is 24.4 Å². The SMILES string of the molecule is CCCCCCCCCCCCCCCCCCCCCCO[C@H]1O[C@H](CO)[C@@H](O)[C@H](O)[C@H]1O. The fourth-order valence-corrected chi connectivity index (χ4v) is 4.76. The fraction of sp³-hybridized carbons (Fsp3) is 1.00. The highest BCUT2D eigenvalue weighted by Gasteiger charge is 2.43. The number of hydrogen-bond acceptors (Lipinski definition) is 6. The molecule has 0 unspecified atom stereocenters. The Labute approximate surface area is 209 Å². The maximum absolute atomic E-state index is 9.94. The van der Waals surface area contributed by atoms with Gasteiger partial charge in [-0.3, -0.25) is 0 Å². The predicted molar refractivity (Wildman–Crippen MR) is 138 cm³/mol. The zero-order valence-electron chi connectivity index (χ0n) is 22.0. The first-order valence-electron chi connectivity index (χ1n) is 14.5. The van der Waals surface area contributed by atoms with Gasteiger partial charge in [-0.2, -0.15) is 0 Å². The molecule has 6 nitrogen and oxygen atoms in total. The average molecular weight is 489 g/mol. The Morgan fingerprint density at radius 2 is 0.912 bits per heavy atom. The summed E-state index contributed by atoms with van der Waals surface area (Å²) in [6, 6.07) is 0. The van der Waals surface area contributed by atoms with Crippen LogP contribution in [-0.4, -0.2) is 64.3 Å². The van der Waals surface area contributed by atoms with Crippen LogP contribution in [0, 0.1) is 0 Å². The third-order valence-corrected chi connectivity index (χ3v) is 7.13. The van der Waals surface area contributed by atoms with E-state index in [1.165, 1.54) is 116 Å². The van der Waals surface area contributed by atoms with Gasteiger partial charge in [0.2, 0.25) is 0 Å². The molecule has 4 N–H and O–H groups in total. The second-order valence-electron chi connectivity index (χ2n) is 10.3. The summed E-state index contributed by atoms with van der Waals surface area (Å²) in [5.41, 5.74) is 0. The Morgan fingerprint density at radius 1 is 0.529 bits per heavy atom. The lowest BCUT2D eigenvalue weighted by atomic mass is 9.99. The third-order valence-electron chi connectivity index (χ3n) is 7.13. The highest BCUT2D eigenvalue weighted by molar-refractivity contribution is 4.88. The van der Waals surface area contributed by atoms with E-state index in [9.17, 15) is 20.4 Å². The largest absolute Gasteiger partial charge is 0.394 e. The Balaban J connectivity index is 1.79. The van der Waals surface area contributed by atoms with Crippen molar-refractivity contribution in [2.75, 3.05) is 13.2 Å². The Kier molecular flexibility index (Phi) is 20.6. The number of hydrogen-bond donors (Lipinski definition) is 4. The molecule has 0 spiro atoms. The monoisotopic (exact) mass is 488 g/mol. The highest BCUT2D eigenvalue weighted by Crippen LogP contribution is 2.22. The van der Waals surface area contributed by atoms with Gasteiger partial charge in [0.25, 0.3) is 0 Å². The predicted octanol–water partition coefficient (Wildman–Crippen LogP) is 5.62. The van der Waals surface area contributed by atoms with Crippen LogP contribution < -0.4 is 0 Å². The van der Waals surface area contributed by atoms with Crippen molar-refractivity contribution in [1.82, 2.24) is 0 Å². The minimum absolute atomic E-state index is 0.426. The molecule has 204 valence electrons. The van der Waals surface area contributed by atoms with Crippen LogP contribution in [0.1, 0.15) is 135 Å². The first-order valence-corrected chi connectivity index (χ1v) is 14.5. The second kappa shape index (κ2) is 22.0. The van der Waals surface area contributed by atoms with Gasteiger partial charge >= 0.3 is 0 Å². The van der Waals surface area contributed by atoms with Gasteiger partial charge in [0, 0.05) is 6.61 Å². The van der Waals surface area contributed by atoms with E-state index in [4.69, 9.17) is 9.47 Å². The van der Waals surface area contributed by atoms with Crippen molar-refractivity contribution in [3.63, 3.8) is 0 Å². The van der Waals surface area contributed by atoms with Crippen LogP contribution in [0.5, 0.6) is 0 Å². The zero-order valence-corrected chi connectivity index (χ0v) is 22.0. The number of aliphatic hydroxyl groups excluding tert-OH is 4. The van der Waals surface area contributed by atoms with Crippen LogP contribution in [0.3, 0.4) is 0 Å². The normalized spacial score (nSPS) is 25.1. The van der Waals surface area contributed by atoms with Crippen molar-refractivity contribution in [2.24, 2.45) is 0 Å². The average Bonchev–Trinajstić information content (AvgIpc) is 2.84. The second-order valence-corrected chi connectivity index (χ2v) is 10.3. The van der Waals surface area contributed by atoms with E-state index in [1.54, 1.807) is 0 Å². The molecule has 0 aromatic carbocycles. The molecule has 1 aliphatic rings. The third kappa shape index (κ3) is 15.0. The van der Waals surface area contributed by atoms with Crippen molar-refractivity contribution >= 4 is 0 Å². The summed E-state index contributed by atoms with van der Waals surface area (Å²) in [7, 11) is 0. The van der Waals surface area contributed by atoms with Crippen LogP contribution in [0.2, 0.25) is 0 Å². The van der Waals surface area contributed by atoms with Gasteiger partial charge in [-0.15, -0.1) is 0 Å². The summed E-state index contributed by atoms with van der Waals surface area (Å²) in [6.45, 7) is 2.28. The van der Waals surface area contributed by atoms with Gasteiger partial charge < -0.3 is 29.9 Å². The Hall–Kier alpha value is -0.240. The van der Waals surface area contributed by atoms with Crippen molar-refractivity contribution in [2.45, 2.75) is 166 Å². The van der Waals surface area contributed by atoms with Gasteiger partial charge in [-0.1, -0.05) is 129 Å². The maximum atomic E-state index is 9.94. The lowest BCUT2D eigenvalue weighted by Gasteiger charge is -2.39. The van der Waals surface area contributed by atoms with Gasteiger partial charge in [-0.25, -0.2) is 0 Å². The summed E-state index contributed by atoms with van der Waals surface area (Å²) in [4.78, 5) is 0. The lowest BCUT2D eigenvalue weighted by Crippen LogP contribution is -2.59. The summed E-state index contributed by atoms with van der Waals surface area (Å²) in [5.74, 6) is 0. The summed E-state index contributed by atoms with van der Waals surface area (Å²) in [6.07, 6.45) is 20.8. The Morgan fingerprint density at radius 3 is 1.29 bits per heavy atom. The minimum atomic E-state index is -1.37. The molecule has 0 radical (unpaired) electrons. The van der Waals surface area contributed by atoms with Crippen molar-refractivity contribution < 1.29 is 29.9 Å². The molecule has 0 aliphatic carbocycles. The van der Waals surface area contributed by atoms with Crippen LogP contribution >= 0.6 is 0 Å². The number of ether oxygens (including phenoxy) is 2. The van der Waals surface area contributed by atoms with E-state index in [-0.39, 0.29) is 0 Å². The molecule has 1 rings (SSSR count). The molecular formula is C28H56O6.